The Kier molecular flexibility index (Phi) is 7.50. The highest BCUT2D eigenvalue weighted by Crippen LogP contribution is 2.21. The third kappa shape index (κ3) is 5.79. The number of carbonyl (C=O) groups excluding carboxylic acids is 1. The smallest absolute Gasteiger partial charge is 0.317 e. The lowest BCUT2D eigenvalue weighted by molar-refractivity contribution is 0.172. The summed E-state index contributed by atoms with van der Waals surface area (Å²) < 4.78 is 0. The Balaban J connectivity index is 1.51. The minimum absolute atomic E-state index is 0.124. The fourth-order valence-electron chi connectivity index (χ4n) is 3.70. The summed E-state index contributed by atoms with van der Waals surface area (Å²) in [6.45, 7) is 6.90. The minimum Gasteiger partial charge on any atom is -0.338 e. The van der Waals surface area contributed by atoms with Crippen LogP contribution in [0, 0.1) is 5.92 Å². The Labute approximate surface area is 136 Å². The molecule has 2 aliphatic rings. The van der Waals surface area contributed by atoms with E-state index in [-0.39, 0.29) is 6.03 Å². The molecule has 2 rings (SSSR count). The van der Waals surface area contributed by atoms with Crippen LogP contribution in [-0.4, -0.2) is 55.1 Å². The Morgan fingerprint density at radius 1 is 1.09 bits per heavy atom. The van der Waals surface area contributed by atoms with Gasteiger partial charge in [0.2, 0.25) is 0 Å². The maximum absolute atomic E-state index is 12.1. The first-order chi connectivity index (χ1) is 10.7. The van der Waals surface area contributed by atoms with E-state index in [0.29, 0.717) is 6.04 Å². The Morgan fingerprint density at radius 2 is 1.77 bits per heavy atom. The van der Waals surface area contributed by atoms with Gasteiger partial charge in [-0.1, -0.05) is 26.2 Å². The molecule has 0 bridgehead atoms. The maximum Gasteiger partial charge on any atom is 0.317 e. The standard InChI is InChI=1S/C18H35N3O/c1-16-10-14-21(15-11-16)13-7-6-12-19-18(22)20(2)17-8-4-3-5-9-17/h16-17H,3-15H2,1-2H3,(H,19,22). The second-order valence-corrected chi connectivity index (χ2v) is 7.37. The van der Waals surface area contributed by atoms with Crippen molar-refractivity contribution in [3.05, 3.63) is 0 Å². The first-order valence-corrected chi connectivity index (χ1v) is 9.40. The molecule has 22 heavy (non-hydrogen) atoms. The molecular weight excluding hydrogens is 274 g/mol. The zero-order valence-corrected chi connectivity index (χ0v) is 14.6. The molecule has 1 saturated carbocycles. The molecular formula is C18H35N3O. The summed E-state index contributed by atoms with van der Waals surface area (Å²) in [5.74, 6) is 0.908. The molecule has 1 N–H and O–H groups in total. The Morgan fingerprint density at radius 3 is 2.45 bits per heavy atom. The topological polar surface area (TPSA) is 35.6 Å². The minimum atomic E-state index is 0.124. The summed E-state index contributed by atoms with van der Waals surface area (Å²) >= 11 is 0. The number of amides is 2. The van der Waals surface area contributed by atoms with E-state index in [4.69, 9.17) is 0 Å². The van der Waals surface area contributed by atoms with E-state index < -0.39 is 0 Å². The molecule has 1 aliphatic carbocycles. The van der Waals surface area contributed by atoms with Crippen LogP contribution >= 0.6 is 0 Å². The molecule has 0 radical (unpaired) electrons. The van der Waals surface area contributed by atoms with E-state index in [1.807, 2.05) is 11.9 Å². The number of piperidine rings is 1. The summed E-state index contributed by atoms with van der Waals surface area (Å²) in [6, 6.07) is 0.586. The van der Waals surface area contributed by atoms with E-state index in [2.05, 4.69) is 17.1 Å². The van der Waals surface area contributed by atoms with Gasteiger partial charge in [0.25, 0.3) is 0 Å². The van der Waals surface area contributed by atoms with Gasteiger partial charge in [-0.15, -0.1) is 0 Å². The molecule has 0 spiro atoms. The van der Waals surface area contributed by atoms with Gasteiger partial charge < -0.3 is 15.1 Å². The van der Waals surface area contributed by atoms with Crippen molar-refractivity contribution in [1.82, 2.24) is 15.1 Å². The molecule has 0 aromatic carbocycles. The summed E-state index contributed by atoms with van der Waals surface area (Å²) in [7, 11) is 1.96. The van der Waals surface area contributed by atoms with Gasteiger partial charge in [-0.2, -0.15) is 0 Å². The third-order valence-corrected chi connectivity index (χ3v) is 5.50. The van der Waals surface area contributed by atoms with Crippen molar-refractivity contribution in [3.63, 3.8) is 0 Å². The van der Waals surface area contributed by atoms with Crippen LogP contribution in [0.2, 0.25) is 0 Å². The van der Waals surface area contributed by atoms with Crippen molar-refractivity contribution < 1.29 is 4.79 Å². The van der Waals surface area contributed by atoms with Crippen LogP contribution in [0.1, 0.15) is 64.7 Å². The second kappa shape index (κ2) is 9.39. The quantitative estimate of drug-likeness (QED) is 0.763. The monoisotopic (exact) mass is 309 g/mol. The first kappa shape index (κ1) is 17.6. The SMILES string of the molecule is CC1CCN(CCCCNC(=O)N(C)C2CCCCC2)CC1. The summed E-state index contributed by atoms with van der Waals surface area (Å²) in [6.07, 6.45) is 11.2. The highest BCUT2D eigenvalue weighted by molar-refractivity contribution is 5.74. The average molecular weight is 309 g/mol. The lowest BCUT2D eigenvalue weighted by Gasteiger charge is -2.31. The van der Waals surface area contributed by atoms with Gasteiger partial charge in [0, 0.05) is 19.6 Å². The fourth-order valence-corrected chi connectivity index (χ4v) is 3.70. The number of rotatable bonds is 6. The highest BCUT2D eigenvalue weighted by atomic mass is 16.2. The van der Waals surface area contributed by atoms with Crippen molar-refractivity contribution >= 4 is 6.03 Å². The normalized spacial score (nSPS) is 21.7. The van der Waals surface area contributed by atoms with E-state index in [1.165, 1.54) is 71.0 Å². The molecule has 1 aliphatic heterocycles. The molecule has 4 nitrogen and oxygen atoms in total. The fraction of sp³-hybridized carbons (Fsp3) is 0.944. The number of carbonyl (C=O) groups is 1. The van der Waals surface area contributed by atoms with Gasteiger partial charge in [-0.25, -0.2) is 4.79 Å². The van der Waals surface area contributed by atoms with Crippen LogP contribution in [0.4, 0.5) is 4.79 Å². The van der Waals surface area contributed by atoms with Gasteiger partial charge in [0.15, 0.2) is 0 Å². The average Bonchev–Trinajstić information content (AvgIpc) is 2.56. The Bertz CT molecular complexity index is 320. The molecule has 2 fully saturated rings. The number of unbranched alkanes of at least 4 members (excludes halogenated alkanes) is 1. The van der Waals surface area contributed by atoms with Crippen LogP contribution in [0.15, 0.2) is 0 Å². The molecule has 0 unspecified atom stereocenters. The molecule has 0 atom stereocenters. The van der Waals surface area contributed by atoms with Crippen LogP contribution in [-0.2, 0) is 0 Å². The first-order valence-electron chi connectivity index (χ1n) is 9.40. The number of likely N-dealkylation sites (tertiary alicyclic amines) is 1. The van der Waals surface area contributed by atoms with E-state index >= 15 is 0 Å². The van der Waals surface area contributed by atoms with Gasteiger partial charge in [-0.05, 0) is 64.1 Å². The summed E-state index contributed by atoms with van der Waals surface area (Å²) in [5, 5.41) is 3.09. The van der Waals surface area contributed by atoms with Crippen LogP contribution in [0.5, 0.6) is 0 Å². The number of nitrogens with zero attached hydrogens (tertiary/aromatic N) is 2. The molecule has 1 saturated heterocycles. The molecule has 1 heterocycles. The van der Waals surface area contributed by atoms with Crippen molar-refractivity contribution in [2.75, 3.05) is 33.2 Å². The summed E-state index contributed by atoms with van der Waals surface area (Å²) in [4.78, 5) is 16.7. The molecule has 0 aromatic heterocycles. The van der Waals surface area contributed by atoms with E-state index in [0.717, 1.165) is 18.9 Å². The molecule has 0 aromatic rings. The Hall–Kier alpha value is -0.770. The van der Waals surface area contributed by atoms with Crippen molar-refractivity contribution in [2.24, 2.45) is 5.92 Å². The predicted octanol–water partition coefficient (Wildman–Crippen LogP) is 3.47. The molecule has 2 amide bonds. The largest absolute Gasteiger partial charge is 0.338 e. The van der Waals surface area contributed by atoms with Gasteiger partial charge in [0.1, 0.15) is 0 Å². The molecule has 128 valence electrons. The predicted molar refractivity (Wildman–Crippen MR) is 92.1 cm³/mol. The highest BCUT2D eigenvalue weighted by Gasteiger charge is 2.21. The number of hydrogen-bond donors (Lipinski definition) is 1. The third-order valence-electron chi connectivity index (χ3n) is 5.50. The zero-order valence-electron chi connectivity index (χ0n) is 14.6. The summed E-state index contributed by atoms with van der Waals surface area (Å²) in [5.41, 5.74) is 0. The van der Waals surface area contributed by atoms with Crippen LogP contribution in [0.25, 0.3) is 0 Å². The van der Waals surface area contributed by atoms with Crippen LogP contribution in [0.3, 0.4) is 0 Å². The van der Waals surface area contributed by atoms with Crippen molar-refractivity contribution in [3.8, 4) is 0 Å². The maximum atomic E-state index is 12.1. The second-order valence-electron chi connectivity index (χ2n) is 7.37. The van der Waals surface area contributed by atoms with Gasteiger partial charge in [0.05, 0.1) is 0 Å². The van der Waals surface area contributed by atoms with Crippen LogP contribution < -0.4 is 5.32 Å². The van der Waals surface area contributed by atoms with Gasteiger partial charge >= 0.3 is 6.03 Å². The zero-order chi connectivity index (χ0) is 15.8. The number of hydrogen-bond acceptors (Lipinski definition) is 2. The van der Waals surface area contributed by atoms with Crippen molar-refractivity contribution in [1.29, 1.82) is 0 Å². The lowest BCUT2D eigenvalue weighted by atomic mass is 9.95. The lowest BCUT2D eigenvalue weighted by Crippen LogP contribution is -2.44. The van der Waals surface area contributed by atoms with Gasteiger partial charge in [-0.3, -0.25) is 0 Å². The van der Waals surface area contributed by atoms with Crippen molar-refractivity contribution in [2.45, 2.75) is 70.8 Å². The van der Waals surface area contributed by atoms with E-state index in [1.54, 1.807) is 0 Å². The molecule has 4 heteroatoms. The number of urea groups is 1. The van der Waals surface area contributed by atoms with E-state index in [9.17, 15) is 4.79 Å². The number of nitrogens with one attached hydrogen (secondary N) is 1.